The molecule has 114 valence electrons. The maximum Gasteiger partial charge on any atom is 0.262 e. The number of rotatable bonds is 1. The van der Waals surface area contributed by atoms with Crippen LogP contribution in [0.25, 0.3) is 10.8 Å². The van der Waals surface area contributed by atoms with E-state index in [9.17, 15) is 19.2 Å². The van der Waals surface area contributed by atoms with Gasteiger partial charge >= 0.3 is 0 Å². The second-order valence-electron chi connectivity index (χ2n) is 5.66. The summed E-state index contributed by atoms with van der Waals surface area (Å²) in [6.45, 7) is 0. The standard InChI is InChI=1S/C17H12N2O4/c20-13-8-7-12(15(21)18-13)19-16(22)11-6-5-9-3-1-2-4-10(9)14(11)17(19)23/h1-6,12H,7-8H2,(H,18,20,21). The summed E-state index contributed by atoms with van der Waals surface area (Å²) in [6.07, 6.45) is 0.276. The van der Waals surface area contributed by atoms with Crippen LogP contribution in [0.5, 0.6) is 0 Å². The Balaban J connectivity index is 1.82. The number of amides is 4. The molecule has 1 saturated heterocycles. The van der Waals surface area contributed by atoms with Gasteiger partial charge in [-0.25, -0.2) is 0 Å². The number of nitrogens with zero attached hydrogens (tertiary/aromatic N) is 1. The third kappa shape index (κ3) is 1.88. The lowest BCUT2D eigenvalue weighted by atomic mass is 10.0. The number of hydrogen-bond acceptors (Lipinski definition) is 4. The Morgan fingerprint density at radius 1 is 0.957 bits per heavy atom. The molecule has 2 heterocycles. The van der Waals surface area contributed by atoms with Gasteiger partial charge in [0, 0.05) is 6.42 Å². The minimum atomic E-state index is -0.932. The molecule has 1 fully saturated rings. The quantitative estimate of drug-likeness (QED) is 0.803. The molecule has 1 unspecified atom stereocenters. The Labute approximate surface area is 131 Å². The van der Waals surface area contributed by atoms with Crippen LogP contribution in [0, 0.1) is 0 Å². The first kappa shape index (κ1) is 13.6. The number of fused-ring (bicyclic) bond motifs is 3. The van der Waals surface area contributed by atoms with Crippen LogP contribution in [-0.4, -0.2) is 34.6 Å². The van der Waals surface area contributed by atoms with Gasteiger partial charge in [0.2, 0.25) is 11.8 Å². The minimum absolute atomic E-state index is 0.116. The average molecular weight is 308 g/mol. The van der Waals surface area contributed by atoms with E-state index in [1.807, 2.05) is 12.1 Å². The topological polar surface area (TPSA) is 83.6 Å². The Bertz CT molecular complexity index is 903. The van der Waals surface area contributed by atoms with Gasteiger partial charge < -0.3 is 0 Å². The predicted octanol–water partition coefficient (Wildman–Crippen LogP) is 1.24. The monoisotopic (exact) mass is 308 g/mol. The number of carbonyl (C=O) groups is 4. The fourth-order valence-corrected chi connectivity index (χ4v) is 3.23. The molecule has 0 saturated carbocycles. The minimum Gasteiger partial charge on any atom is -0.295 e. The third-order valence-electron chi connectivity index (χ3n) is 4.33. The Morgan fingerprint density at radius 2 is 1.74 bits per heavy atom. The Hall–Kier alpha value is -3.02. The summed E-state index contributed by atoms with van der Waals surface area (Å²) < 4.78 is 0. The first-order valence-corrected chi connectivity index (χ1v) is 7.31. The summed E-state index contributed by atoms with van der Waals surface area (Å²) in [5.74, 6) is -1.94. The van der Waals surface area contributed by atoms with Crippen LogP contribution in [0.15, 0.2) is 36.4 Å². The normalized spacial score (nSPS) is 20.9. The van der Waals surface area contributed by atoms with Crippen molar-refractivity contribution in [2.24, 2.45) is 0 Å². The van der Waals surface area contributed by atoms with Crippen LogP contribution >= 0.6 is 0 Å². The SMILES string of the molecule is O=C1CCC(N2C(=O)c3ccc4ccccc4c3C2=O)C(=O)N1. The molecule has 1 N–H and O–H groups in total. The van der Waals surface area contributed by atoms with Crippen LogP contribution < -0.4 is 5.32 Å². The predicted molar refractivity (Wildman–Crippen MR) is 80.6 cm³/mol. The van der Waals surface area contributed by atoms with Gasteiger partial charge in [-0.2, -0.15) is 0 Å². The molecular weight excluding hydrogens is 296 g/mol. The maximum absolute atomic E-state index is 12.8. The zero-order valence-electron chi connectivity index (χ0n) is 12.0. The van der Waals surface area contributed by atoms with Gasteiger partial charge in [-0.15, -0.1) is 0 Å². The molecule has 0 radical (unpaired) electrons. The van der Waals surface area contributed by atoms with Crippen molar-refractivity contribution in [2.45, 2.75) is 18.9 Å². The van der Waals surface area contributed by atoms with Gasteiger partial charge in [-0.1, -0.05) is 30.3 Å². The molecule has 2 aliphatic rings. The van der Waals surface area contributed by atoms with E-state index in [-0.39, 0.29) is 18.7 Å². The number of benzene rings is 2. The molecule has 6 heteroatoms. The summed E-state index contributed by atoms with van der Waals surface area (Å²) in [7, 11) is 0. The van der Waals surface area contributed by atoms with E-state index in [1.54, 1.807) is 24.3 Å². The number of piperidine rings is 1. The van der Waals surface area contributed by atoms with Gasteiger partial charge in [-0.3, -0.25) is 29.4 Å². The summed E-state index contributed by atoms with van der Waals surface area (Å²) >= 11 is 0. The molecule has 0 aromatic heterocycles. The van der Waals surface area contributed by atoms with E-state index in [0.717, 1.165) is 10.3 Å². The van der Waals surface area contributed by atoms with Gasteiger partial charge in [0.25, 0.3) is 11.8 Å². The fraction of sp³-hybridized carbons (Fsp3) is 0.176. The largest absolute Gasteiger partial charge is 0.295 e. The lowest BCUT2D eigenvalue weighted by Gasteiger charge is -2.27. The molecule has 23 heavy (non-hydrogen) atoms. The van der Waals surface area contributed by atoms with Crippen molar-refractivity contribution < 1.29 is 19.2 Å². The van der Waals surface area contributed by atoms with Gasteiger partial charge in [-0.05, 0) is 23.3 Å². The lowest BCUT2D eigenvalue weighted by Crippen LogP contribution is -2.54. The Morgan fingerprint density at radius 3 is 2.52 bits per heavy atom. The highest BCUT2D eigenvalue weighted by atomic mass is 16.2. The van der Waals surface area contributed by atoms with E-state index in [4.69, 9.17) is 0 Å². The molecule has 2 aliphatic heterocycles. The van der Waals surface area contributed by atoms with Crippen LogP contribution in [0.4, 0.5) is 0 Å². The summed E-state index contributed by atoms with van der Waals surface area (Å²) in [6, 6.07) is 9.77. The van der Waals surface area contributed by atoms with Crippen LogP contribution in [0.3, 0.4) is 0 Å². The lowest BCUT2D eigenvalue weighted by molar-refractivity contribution is -0.136. The van der Waals surface area contributed by atoms with Crippen LogP contribution in [0.2, 0.25) is 0 Å². The highest BCUT2D eigenvalue weighted by molar-refractivity contribution is 6.28. The van der Waals surface area contributed by atoms with Crippen LogP contribution in [0.1, 0.15) is 33.6 Å². The second kappa shape index (κ2) is 4.74. The van der Waals surface area contributed by atoms with Gasteiger partial charge in [0.1, 0.15) is 6.04 Å². The van der Waals surface area contributed by atoms with Crippen molar-refractivity contribution in [1.29, 1.82) is 0 Å². The molecule has 4 rings (SSSR count). The third-order valence-corrected chi connectivity index (χ3v) is 4.33. The van der Waals surface area contributed by atoms with E-state index < -0.39 is 23.8 Å². The van der Waals surface area contributed by atoms with E-state index >= 15 is 0 Å². The molecule has 6 nitrogen and oxygen atoms in total. The highest BCUT2D eigenvalue weighted by Crippen LogP contribution is 2.32. The number of imide groups is 2. The molecular formula is C17H12N2O4. The molecule has 2 aromatic carbocycles. The molecule has 1 atom stereocenters. The zero-order chi connectivity index (χ0) is 16.1. The smallest absolute Gasteiger partial charge is 0.262 e. The van der Waals surface area contributed by atoms with E-state index in [0.29, 0.717) is 16.5 Å². The van der Waals surface area contributed by atoms with E-state index in [2.05, 4.69) is 5.32 Å². The van der Waals surface area contributed by atoms with Gasteiger partial charge in [0.05, 0.1) is 11.1 Å². The number of carbonyl (C=O) groups excluding carboxylic acids is 4. The second-order valence-corrected chi connectivity index (χ2v) is 5.66. The van der Waals surface area contributed by atoms with Crippen molar-refractivity contribution >= 4 is 34.4 Å². The molecule has 4 amide bonds. The molecule has 2 aromatic rings. The van der Waals surface area contributed by atoms with Gasteiger partial charge in [0.15, 0.2) is 0 Å². The fourth-order valence-electron chi connectivity index (χ4n) is 3.23. The maximum atomic E-state index is 12.8. The summed E-state index contributed by atoms with van der Waals surface area (Å²) in [5.41, 5.74) is 0.635. The summed E-state index contributed by atoms with van der Waals surface area (Å²) in [4.78, 5) is 49.7. The van der Waals surface area contributed by atoms with Crippen molar-refractivity contribution in [3.8, 4) is 0 Å². The average Bonchev–Trinajstić information content (AvgIpc) is 2.80. The van der Waals surface area contributed by atoms with E-state index in [1.165, 1.54) is 0 Å². The first-order valence-electron chi connectivity index (χ1n) is 7.31. The Kier molecular flexibility index (Phi) is 2.81. The molecule has 0 spiro atoms. The first-order chi connectivity index (χ1) is 11.1. The highest BCUT2D eigenvalue weighted by Gasteiger charge is 2.45. The van der Waals surface area contributed by atoms with Crippen LogP contribution in [-0.2, 0) is 9.59 Å². The molecule has 0 aliphatic carbocycles. The van der Waals surface area contributed by atoms with Crippen molar-refractivity contribution in [3.05, 3.63) is 47.5 Å². The number of hydrogen-bond donors (Lipinski definition) is 1. The van der Waals surface area contributed by atoms with Crippen molar-refractivity contribution in [2.75, 3.05) is 0 Å². The number of nitrogens with one attached hydrogen (secondary N) is 1. The summed E-state index contributed by atoms with van der Waals surface area (Å²) in [5, 5.41) is 3.74. The molecule has 0 bridgehead atoms. The van der Waals surface area contributed by atoms with Crippen molar-refractivity contribution in [3.63, 3.8) is 0 Å². The zero-order valence-corrected chi connectivity index (χ0v) is 12.0. The van der Waals surface area contributed by atoms with Crippen molar-refractivity contribution in [1.82, 2.24) is 10.2 Å².